The molecule has 1 heterocycles. The smallest absolute Gasteiger partial charge is 0.316 e. The molecule has 1 aromatic carbocycles. The molecular weight excluding hydrogens is 292 g/mol. The van der Waals surface area contributed by atoms with E-state index in [0.717, 1.165) is 12.1 Å². The highest BCUT2D eigenvalue weighted by Gasteiger charge is 2.19. The Morgan fingerprint density at radius 3 is 2.23 bits per heavy atom. The van der Waals surface area contributed by atoms with Crippen molar-refractivity contribution in [1.82, 2.24) is 9.97 Å². The summed E-state index contributed by atoms with van der Waals surface area (Å²) in [6, 6.07) is 3.42. The third-order valence-corrected chi connectivity index (χ3v) is 2.95. The molecule has 22 heavy (non-hydrogen) atoms. The monoisotopic (exact) mass is 307 g/mol. The molecule has 1 amide bonds. The SMILES string of the molecule is CCOc1nc(C)c(NC(=O)c2c(F)cccc2F)c(C)n1. The summed E-state index contributed by atoms with van der Waals surface area (Å²) in [5.74, 6) is -2.76. The summed E-state index contributed by atoms with van der Waals surface area (Å²) in [5.41, 5.74) is 0.549. The first-order valence-corrected chi connectivity index (χ1v) is 6.67. The second kappa shape index (κ2) is 6.46. The van der Waals surface area contributed by atoms with Gasteiger partial charge in [-0.05, 0) is 32.9 Å². The van der Waals surface area contributed by atoms with Crippen molar-refractivity contribution in [2.45, 2.75) is 20.8 Å². The normalized spacial score (nSPS) is 10.4. The van der Waals surface area contributed by atoms with Gasteiger partial charge in [0.2, 0.25) is 0 Å². The van der Waals surface area contributed by atoms with E-state index in [-0.39, 0.29) is 6.01 Å². The van der Waals surface area contributed by atoms with Crippen molar-refractivity contribution in [2.24, 2.45) is 0 Å². The fourth-order valence-corrected chi connectivity index (χ4v) is 1.95. The fraction of sp³-hybridized carbons (Fsp3) is 0.267. The zero-order valence-corrected chi connectivity index (χ0v) is 12.4. The molecule has 116 valence electrons. The summed E-state index contributed by atoms with van der Waals surface area (Å²) in [6.45, 7) is 5.49. The number of nitrogens with one attached hydrogen (secondary N) is 1. The third kappa shape index (κ3) is 3.19. The number of nitrogens with zero attached hydrogens (tertiary/aromatic N) is 2. The van der Waals surface area contributed by atoms with Crippen molar-refractivity contribution in [1.29, 1.82) is 0 Å². The van der Waals surface area contributed by atoms with Crippen LogP contribution in [0.15, 0.2) is 18.2 Å². The number of halogens is 2. The predicted octanol–water partition coefficient (Wildman–Crippen LogP) is 3.02. The van der Waals surface area contributed by atoms with Gasteiger partial charge in [0.1, 0.15) is 17.2 Å². The van der Waals surface area contributed by atoms with E-state index < -0.39 is 23.1 Å². The summed E-state index contributed by atoms with van der Waals surface area (Å²) < 4.78 is 32.4. The van der Waals surface area contributed by atoms with E-state index in [1.54, 1.807) is 20.8 Å². The number of rotatable bonds is 4. The highest BCUT2D eigenvalue weighted by molar-refractivity contribution is 6.05. The van der Waals surface area contributed by atoms with Crippen LogP contribution >= 0.6 is 0 Å². The molecule has 1 N–H and O–H groups in total. The lowest BCUT2D eigenvalue weighted by Crippen LogP contribution is -2.18. The molecule has 0 bridgehead atoms. The van der Waals surface area contributed by atoms with Crippen LogP contribution in [0, 0.1) is 25.5 Å². The molecule has 0 radical (unpaired) electrons. The van der Waals surface area contributed by atoms with Crippen LogP contribution in [0.1, 0.15) is 28.7 Å². The predicted molar refractivity (Wildman–Crippen MR) is 77.0 cm³/mol. The Morgan fingerprint density at radius 1 is 1.18 bits per heavy atom. The molecule has 0 aliphatic heterocycles. The largest absolute Gasteiger partial charge is 0.464 e. The van der Waals surface area contributed by atoms with Crippen LogP contribution < -0.4 is 10.1 Å². The molecule has 0 atom stereocenters. The zero-order valence-electron chi connectivity index (χ0n) is 12.4. The van der Waals surface area contributed by atoms with Gasteiger partial charge in [-0.2, -0.15) is 9.97 Å². The maximum absolute atomic E-state index is 13.6. The minimum absolute atomic E-state index is 0.188. The quantitative estimate of drug-likeness (QED) is 0.943. The van der Waals surface area contributed by atoms with E-state index in [0.29, 0.717) is 23.7 Å². The summed E-state index contributed by atoms with van der Waals surface area (Å²) in [4.78, 5) is 20.3. The second-order valence-corrected chi connectivity index (χ2v) is 4.54. The van der Waals surface area contributed by atoms with Crippen molar-refractivity contribution in [3.63, 3.8) is 0 Å². The van der Waals surface area contributed by atoms with E-state index in [9.17, 15) is 13.6 Å². The van der Waals surface area contributed by atoms with Gasteiger partial charge in [-0.15, -0.1) is 0 Å². The van der Waals surface area contributed by atoms with Gasteiger partial charge < -0.3 is 10.1 Å². The molecule has 1 aromatic heterocycles. The Hall–Kier alpha value is -2.57. The van der Waals surface area contributed by atoms with Gasteiger partial charge in [0, 0.05) is 0 Å². The van der Waals surface area contributed by atoms with Gasteiger partial charge in [0.15, 0.2) is 0 Å². The lowest BCUT2D eigenvalue weighted by molar-refractivity contribution is 0.101. The average molecular weight is 307 g/mol. The van der Waals surface area contributed by atoms with Crippen molar-refractivity contribution in [2.75, 3.05) is 11.9 Å². The summed E-state index contributed by atoms with van der Waals surface area (Å²) >= 11 is 0. The average Bonchev–Trinajstić information content (AvgIpc) is 2.43. The number of carbonyl (C=O) groups is 1. The van der Waals surface area contributed by atoms with Crippen molar-refractivity contribution in [3.05, 3.63) is 46.8 Å². The lowest BCUT2D eigenvalue weighted by Gasteiger charge is -2.12. The maximum Gasteiger partial charge on any atom is 0.316 e. The van der Waals surface area contributed by atoms with Gasteiger partial charge in [-0.1, -0.05) is 6.07 Å². The van der Waals surface area contributed by atoms with E-state index >= 15 is 0 Å². The molecule has 0 saturated carbocycles. The number of hydrogen-bond acceptors (Lipinski definition) is 4. The molecule has 7 heteroatoms. The number of carbonyl (C=O) groups excluding carboxylic acids is 1. The first-order valence-electron chi connectivity index (χ1n) is 6.67. The molecular formula is C15H15F2N3O2. The van der Waals surface area contributed by atoms with E-state index in [1.165, 1.54) is 6.07 Å². The molecule has 2 aromatic rings. The Balaban J connectivity index is 2.33. The zero-order chi connectivity index (χ0) is 16.3. The van der Waals surface area contributed by atoms with Gasteiger partial charge in [-0.25, -0.2) is 8.78 Å². The topological polar surface area (TPSA) is 64.1 Å². The van der Waals surface area contributed by atoms with Crippen LogP contribution in [0.4, 0.5) is 14.5 Å². The molecule has 2 rings (SSSR count). The van der Waals surface area contributed by atoms with Crippen LogP contribution in [-0.2, 0) is 0 Å². The number of hydrogen-bond donors (Lipinski definition) is 1. The van der Waals surface area contributed by atoms with E-state index in [4.69, 9.17) is 4.74 Å². The van der Waals surface area contributed by atoms with Crippen molar-refractivity contribution >= 4 is 11.6 Å². The van der Waals surface area contributed by atoms with E-state index in [1.807, 2.05) is 0 Å². The molecule has 0 aliphatic carbocycles. The number of benzene rings is 1. The first kappa shape index (κ1) is 15.8. The lowest BCUT2D eigenvalue weighted by atomic mass is 10.1. The molecule has 0 saturated heterocycles. The van der Waals surface area contributed by atoms with Gasteiger partial charge >= 0.3 is 6.01 Å². The summed E-state index contributed by atoms with van der Waals surface area (Å²) in [5, 5.41) is 2.45. The molecule has 0 aliphatic rings. The van der Waals surface area contributed by atoms with Gasteiger partial charge in [0.25, 0.3) is 5.91 Å². The first-order chi connectivity index (χ1) is 10.4. The van der Waals surface area contributed by atoms with Crippen LogP contribution in [0.5, 0.6) is 6.01 Å². The number of aryl methyl sites for hydroxylation is 2. The third-order valence-electron chi connectivity index (χ3n) is 2.95. The minimum atomic E-state index is -0.931. The molecule has 0 fully saturated rings. The highest BCUT2D eigenvalue weighted by Crippen LogP contribution is 2.21. The molecule has 0 spiro atoms. The van der Waals surface area contributed by atoms with Crippen LogP contribution in [0.2, 0.25) is 0 Å². The molecule has 0 unspecified atom stereocenters. The Labute approximate surface area is 126 Å². The Kier molecular flexibility index (Phi) is 4.65. The van der Waals surface area contributed by atoms with E-state index in [2.05, 4.69) is 15.3 Å². The van der Waals surface area contributed by atoms with Gasteiger partial charge in [0.05, 0.1) is 23.7 Å². The van der Waals surface area contributed by atoms with Crippen molar-refractivity contribution in [3.8, 4) is 6.01 Å². The van der Waals surface area contributed by atoms with Crippen molar-refractivity contribution < 1.29 is 18.3 Å². The highest BCUT2D eigenvalue weighted by atomic mass is 19.1. The summed E-state index contributed by atoms with van der Waals surface area (Å²) in [6.07, 6.45) is 0. The molecule has 5 nitrogen and oxygen atoms in total. The Bertz CT molecular complexity index is 677. The minimum Gasteiger partial charge on any atom is -0.464 e. The second-order valence-electron chi connectivity index (χ2n) is 4.54. The number of anilines is 1. The Morgan fingerprint density at radius 2 is 1.73 bits per heavy atom. The maximum atomic E-state index is 13.6. The number of amides is 1. The fourth-order valence-electron chi connectivity index (χ4n) is 1.95. The van der Waals surface area contributed by atoms with Crippen LogP contribution in [-0.4, -0.2) is 22.5 Å². The number of ether oxygens (including phenoxy) is 1. The van der Waals surface area contributed by atoms with Crippen LogP contribution in [0.25, 0.3) is 0 Å². The van der Waals surface area contributed by atoms with Gasteiger partial charge in [-0.3, -0.25) is 4.79 Å². The standard InChI is InChI=1S/C15H15F2N3O2/c1-4-22-15-18-8(2)13(9(3)19-15)20-14(21)12-10(16)6-5-7-11(12)17/h5-7H,4H2,1-3H3,(H,20,21). The summed E-state index contributed by atoms with van der Waals surface area (Å²) in [7, 11) is 0. The number of aromatic nitrogens is 2. The van der Waals surface area contributed by atoms with Crippen LogP contribution in [0.3, 0.4) is 0 Å².